The number of benzene rings is 1. The molecule has 94 valence electrons. The Hall–Kier alpha value is -1.02. The zero-order chi connectivity index (χ0) is 12.4. The SMILES string of the molecule is COc1cccc2c1CC[C@@H](N(C)C(C)C)C2. The van der Waals surface area contributed by atoms with Gasteiger partial charge in [0.2, 0.25) is 0 Å². The van der Waals surface area contributed by atoms with Crippen LogP contribution in [-0.2, 0) is 12.8 Å². The fourth-order valence-corrected chi connectivity index (χ4v) is 2.71. The third-order valence-corrected chi connectivity index (χ3v) is 4.02. The first-order valence-corrected chi connectivity index (χ1v) is 6.50. The van der Waals surface area contributed by atoms with Crippen LogP contribution in [0.5, 0.6) is 5.75 Å². The van der Waals surface area contributed by atoms with E-state index in [0.29, 0.717) is 12.1 Å². The number of rotatable bonds is 3. The molecular weight excluding hydrogens is 210 g/mol. The lowest BCUT2D eigenvalue weighted by Gasteiger charge is -2.35. The van der Waals surface area contributed by atoms with Crippen LogP contribution in [0, 0.1) is 0 Å². The molecule has 0 N–H and O–H groups in total. The minimum atomic E-state index is 0.618. The Kier molecular flexibility index (Phi) is 3.72. The van der Waals surface area contributed by atoms with E-state index >= 15 is 0 Å². The van der Waals surface area contributed by atoms with Crippen LogP contribution in [0.3, 0.4) is 0 Å². The third-order valence-electron chi connectivity index (χ3n) is 4.02. The van der Waals surface area contributed by atoms with Crippen molar-refractivity contribution in [2.45, 2.75) is 45.2 Å². The van der Waals surface area contributed by atoms with Gasteiger partial charge in [0, 0.05) is 12.1 Å². The van der Waals surface area contributed by atoms with E-state index in [2.05, 4.69) is 44.0 Å². The topological polar surface area (TPSA) is 12.5 Å². The van der Waals surface area contributed by atoms with E-state index < -0.39 is 0 Å². The van der Waals surface area contributed by atoms with Gasteiger partial charge in [-0.25, -0.2) is 0 Å². The maximum atomic E-state index is 5.44. The summed E-state index contributed by atoms with van der Waals surface area (Å²) in [7, 11) is 4.00. The van der Waals surface area contributed by atoms with Crippen molar-refractivity contribution < 1.29 is 4.74 Å². The third kappa shape index (κ3) is 2.47. The fraction of sp³-hybridized carbons (Fsp3) is 0.600. The standard InChI is InChI=1S/C15H23NO/c1-11(2)16(3)13-8-9-14-12(10-13)6-5-7-15(14)17-4/h5-7,11,13H,8-10H2,1-4H3/t13-/m1/s1. The molecule has 0 bridgehead atoms. The molecule has 2 nitrogen and oxygen atoms in total. The molecule has 0 aromatic heterocycles. The minimum absolute atomic E-state index is 0.618. The Balaban J connectivity index is 2.19. The van der Waals surface area contributed by atoms with Gasteiger partial charge < -0.3 is 9.64 Å². The van der Waals surface area contributed by atoms with Crippen molar-refractivity contribution in [3.8, 4) is 5.75 Å². The summed E-state index contributed by atoms with van der Waals surface area (Å²) < 4.78 is 5.44. The summed E-state index contributed by atoms with van der Waals surface area (Å²) in [6.07, 6.45) is 3.53. The summed E-state index contributed by atoms with van der Waals surface area (Å²) in [6.45, 7) is 4.53. The number of hydrogen-bond acceptors (Lipinski definition) is 2. The van der Waals surface area contributed by atoms with Crippen molar-refractivity contribution in [3.05, 3.63) is 29.3 Å². The monoisotopic (exact) mass is 233 g/mol. The lowest BCUT2D eigenvalue weighted by molar-refractivity contribution is 0.178. The van der Waals surface area contributed by atoms with E-state index in [1.807, 2.05) is 0 Å². The summed E-state index contributed by atoms with van der Waals surface area (Å²) in [5, 5.41) is 0. The average molecular weight is 233 g/mol. The Morgan fingerprint density at radius 1 is 1.35 bits per heavy atom. The van der Waals surface area contributed by atoms with Crippen molar-refractivity contribution >= 4 is 0 Å². The number of nitrogens with zero attached hydrogens (tertiary/aromatic N) is 1. The molecule has 0 unspecified atom stereocenters. The molecule has 1 atom stereocenters. The van der Waals surface area contributed by atoms with Crippen molar-refractivity contribution in [3.63, 3.8) is 0 Å². The first-order valence-electron chi connectivity index (χ1n) is 6.50. The second-order valence-corrected chi connectivity index (χ2v) is 5.25. The highest BCUT2D eigenvalue weighted by Gasteiger charge is 2.24. The summed E-state index contributed by atoms with van der Waals surface area (Å²) in [4.78, 5) is 2.49. The predicted molar refractivity (Wildman–Crippen MR) is 71.7 cm³/mol. The first kappa shape index (κ1) is 12.4. The van der Waals surface area contributed by atoms with Crippen LogP contribution in [-0.4, -0.2) is 31.1 Å². The normalized spacial score (nSPS) is 19.5. The van der Waals surface area contributed by atoms with E-state index in [1.165, 1.54) is 17.5 Å². The lowest BCUT2D eigenvalue weighted by Crippen LogP contribution is -2.40. The second-order valence-electron chi connectivity index (χ2n) is 5.25. The highest BCUT2D eigenvalue weighted by molar-refractivity contribution is 5.42. The molecule has 0 fully saturated rings. The summed E-state index contributed by atoms with van der Waals surface area (Å²) in [6, 6.07) is 7.72. The number of likely N-dealkylation sites (N-methyl/N-ethyl adjacent to an activating group) is 1. The number of hydrogen-bond donors (Lipinski definition) is 0. The highest BCUT2D eigenvalue weighted by atomic mass is 16.5. The van der Waals surface area contributed by atoms with Crippen LogP contribution < -0.4 is 4.74 Å². The molecule has 0 saturated carbocycles. The first-order chi connectivity index (χ1) is 8.13. The van der Waals surface area contributed by atoms with E-state index in [-0.39, 0.29) is 0 Å². The molecule has 1 aliphatic rings. The van der Waals surface area contributed by atoms with Gasteiger partial charge in [-0.3, -0.25) is 0 Å². The molecule has 0 radical (unpaired) electrons. The summed E-state index contributed by atoms with van der Waals surface area (Å²) in [5.41, 5.74) is 2.89. The van der Waals surface area contributed by atoms with Crippen LogP contribution in [0.4, 0.5) is 0 Å². The molecule has 17 heavy (non-hydrogen) atoms. The van der Waals surface area contributed by atoms with Crippen molar-refractivity contribution in [1.82, 2.24) is 4.90 Å². The summed E-state index contributed by atoms with van der Waals surface area (Å²) >= 11 is 0. The zero-order valence-electron chi connectivity index (χ0n) is 11.4. The van der Waals surface area contributed by atoms with Crippen LogP contribution in [0.25, 0.3) is 0 Å². The molecule has 0 saturated heterocycles. The molecule has 2 rings (SSSR count). The van der Waals surface area contributed by atoms with Crippen LogP contribution >= 0.6 is 0 Å². The predicted octanol–water partition coefficient (Wildman–Crippen LogP) is 2.89. The van der Waals surface area contributed by atoms with E-state index in [4.69, 9.17) is 4.74 Å². The molecule has 0 heterocycles. The Labute approximate surface area is 105 Å². The molecule has 0 aliphatic heterocycles. The van der Waals surface area contributed by atoms with Gasteiger partial charge in [0.25, 0.3) is 0 Å². The maximum Gasteiger partial charge on any atom is 0.122 e. The van der Waals surface area contributed by atoms with Crippen LogP contribution in [0.1, 0.15) is 31.4 Å². The largest absolute Gasteiger partial charge is 0.496 e. The Morgan fingerprint density at radius 3 is 2.76 bits per heavy atom. The zero-order valence-corrected chi connectivity index (χ0v) is 11.4. The van der Waals surface area contributed by atoms with E-state index in [1.54, 1.807) is 7.11 Å². The fourth-order valence-electron chi connectivity index (χ4n) is 2.71. The van der Waals surface area contributed by atoms with Crippen molar-refractivity contribution in [1.29, 1.82) is 0 Å². The highest BCUT2D eigenvalue weighted by Crippen LogP contribution is 2.31. The molecule has 0 amide bonds. The minimum Gasteiger partial charge on any atom is -0.496 e. The molecule has 1 aromatic carbocycles. The molecule has 0 spiro atoms. The number of methoxy groups -OCH3 is 1. The maximum absolute atomic E-state index is 5.44. The Bertz CT molecular complexity index is 387. The number of fused-ring (bicyclic) bond motifs is 1. The Morgan fingerprint density at radius 2 is 2.12 bits per heavy atom. The molecular formula is C15H23NO. The van der Waals surface area contributed by atoms with Gasteiger partial charge >= 0.3 is 0 Å². The van der Waals surface area contributed by atoms with E-state index in [9.17, 15) is 0 Å². The smallest absolute Gasteiger partial charge is 0.122 e. The molecule has 2 heteroatoms. The van der Waals surface area contributed by atoms with Gasteiger partial charge in [-0.05, 0) is 57.4 Å². The van der Waals surface area contributed by atoms with Gasteiger partial charge in [0.05, 0.1) is 7.11 Å². The van der Waals surface area contributed by atoms with Gasteiger partial charge in [0.1, 0.15) is 5.75 Å². The molecule has 1 aliphatic carbocycles. The van der Waals surface area contributed by atoms with E-state index in [0.717, 1.165) is 18.6 Å². The van der Waals surface area contributed by atoms with Gasteiger partial charge in [-0.1, -0.05) is 12.1 Å². The lowest BCUT2D eigenvalue weighted by atomic mass is 9.86. The van der Waals surface area contributed by atoms with Gasteiger partial charge in [-0.2, -0.15) is 0 Å². The van der Waals surface area contributed by atoms with Crippen LogP contribution in [0.15, 0.2) is 18.2 Å². The van der Waals surface area contributed by atoms with Crippen molar-refractivity contribution in [2.24, 2.45) is 0 Å². The quantitative estimate of drug-likeness (QED) is 0.796. The van der Waals surface area contributed by atoms with Gasteiger partial charge in [0.15, 0.2) is 0 Å². The van der Waals surface area contributed by atoms with Crippen LogP contribution in [0.2, 0.25) is 0 Å². The molecule has 1 aromatic rings. The van der Waals surface area contributed by atoms with Crippen molar-refractivity contribution in [2.75, 3.05) is 14.2 Å². The number of ether oxygens (including phenoxy) is 1. The second kappa shape index (κ2) is 5.09. The van der Waals surface area contributed by atoms with Gasteiger partial charge in [-0.15, -0.1) is 0 Å². The average Bonchev–Trinajstić information content (AvgIpc) is 2.36. The summed E-state index contributed by atoms with van der Waals surface area (Å²) in [5.74, 6) is 1.06.